The molecule has 0 atom stereocenters. The fourth-order valence-electron chi connectivity index (χ4n) is 12.2. The van der Waals surface area contributed by atoms with Crippen molar-refractivity contribution >= 4 is 92.1 Å². The van der Waals surface area contributed by atoms with Gasteiger partial charge in [0, 0.05) is 64.4 Å². The van der Waals surface area contributed by atoms with Crippen LogP contribution in [0.4, 0.5) is 17.1 Å². The van der Waals surface area contributed by atoms with E-state index in [1.165, 1.54) is 80.8 Å². The summed E-state index contributed by atoms with van der Waals surface area (Å²) in [6, 6.07) is 96.0. The molecule has 0 N–H and O–H groups in total. The SMILES string of the molecule is c1ccc(C2(c3ccccc3)c3ccccc3-c3cc(N(c4ccc(-c5cccc6c5oc5c7ccccc7ccc65)cc4)c4ccccc4-c4cccc5c4sc4c6ccccc6ccc54)ccc32)cc1. The van der Waals surface area contributed by atoms with E-state index in [9.17, 15) is 0 Å². The number of rotatable bonds is 7. The minimum absolute atomic E-state index is 0.498. The van der Waals surface area contributed by atoms with Crippen LogP contribution in [0, 0.1) is 0 Å². The Hall–Kier alpha value is -9.02. The molecule has 3 heteroatoms. The molecule has 0 saturated heterocycles. The van der Waals surface area contributed by atoms with E-state index in [0.29, 0.717) is 0 Å². The smallest absolute Gasteiger partial charge is 0.143 e. The van der Waals surface area contributed by atoms with Gasteiger partial charge in [-0.05, 0) is 91.5 Å². The van der Waals surface area contributed by atoms with Gasteiger partial charge >= 0.3 is 0 Å². The van der Waals surface area contributed by atoms with Crippen molar-refractivity contribution in [3.05, 3.63) is 283 Å². The van der Waals surface area contributed by atoms with E-state index in [2.05, 4.69) is 266 Å². The van der Waals surface area contributed by atoms with Crippen molar-refractivity contribution in [2.24, 2.45) is 0 Å². The van der Waals surface area contributed by atoms with E-state index in [0.717, 1.165) is 55.5 Å². The summed E-state index contributed by atoms with van der Waals surface area (Å²) >= 11 is 1.90. The van der Waals surface area contributed by atoms with Crippen LogP contribution in [0.25, 0.3) is 97.0 Å². The first-order valence-corrected chi connectivity index (χ1v) is 25.6. The van der Waals surface area contributed by atoms with Crippen LogP contribution in [-0.4, -0.2) is 0 Å². The maximum Gasteiger partial charge on any atom is 0.143 e. The summed E-state index contributed by atoms with van der Waals surface area (Å²) in [5.74, 6) is 0. The number of hydrogen-bond acceptors (Lipinski definition) is 3. The molecular formula is C69H43NOS. The molecule has 2 heterocycles. The van der Waals surface area contributed by atoms with Crippen LogP contribution in [0.15, 0.2) is 265 Å². The van der Waals surface area contributed by atoms with E-state index < -0.39 is 5.41 Å². The number of para-hydroxylation sites is 2. The average Bonchev–Trinajstić information content (AvgIpc) is 4.14. The molecule has 12 aromatic carbocycles. The molecule has 1 aliphatic carbocycles. The van der Waals surface area contributed by atoms with E-state index >= 15 is 0 Å². The molecule has 0 radical (unpaired) electrons. The number of nitrogens with zero attached hydrogens (tertiary/aromatic N) is 1. The second kappa shape index (κ2) is 16.0. The van der Waals surface area contributed by atoms with Crippen molar-refractivity contribution in [3.63, 3.8) is 0 Å². The Bertz CT molecular complexity index is 4410. The number of fused-ring (bicyclic) bond motifs is 13. The highest BCUT2D eigenvalue weighted by Crippen LogP contribution is 2.58. The van der Waals surface area contributed by atoms with Crippen LogP contribution in [0.5, 0.6) is 0 Å². The molecule has 0 amide bonds. The molecule has 0 spiro atoms. The third-order valence-corrected chi connectivity index (χ3v) is 16.6. The first-order valence-electron chi connectivity index (χ1n) is 24.7. The van der Waals surface area contributed by atoms with Gasteiger partial charge in [-0.3, -0.25) is 0 Å². The molecule has 0 saturated carbocycles. The highest BCUT2D eigenvalue weighted by molar-refractivity contribution is 7.27. The van der Waals surface area contributed by atoms with Gasteiger partial charge in [-0.1, -0.05) is 224 Å². The first-order chi connectivity index (χ1) is 35.7. The van der Waals surface area contributed by atoms with Crippen LogP contribution < -0.4 is 4.90 Å². The van der Waals surface area contributed by atoms with Gasteiger partial charge < -0.3 is 9.32 Å². The predicted molar refractivity (Wildman–Crippen MR) is 304 cm³/mol. The lowest BCUT2D eigenvalue weighted by Crippen LogP contribution is -2.28. The van der Waals surface area contributed by atoms with Gasteiger partial charge in [-0.15, -0.1) is 11.3 Å². The molecule has 14 aromatic rings. The largest absolute Gasteiger partial charge is 0.455 e. The van der Waals surface area contributed by atoms with Crippen molar-refractivity contribution in [2.45, 2.75) is 5.41 Å². The Morgan fingerprint density at radius 1 is 0.319 bits per heavy atom. The Kier molecular flexibility index (Phi) is 9.08. The summed E-state index contributed by atoms with van der Waals surface area (Å²) in [6.07, 6.45) is 0. The molecule has 1 aliphatic rings. The predicted octanol–water partition coefficient (Wildman–Crippen LogP) is 19.4. The lowest BCUT2D eigenvalue weighted by atomic mass is 9.68. The van der Waals surface area contributed by atoms with Gasteiger partial charge in [0.05, 0.1) is 11.1 Å². The normalized spacial score (nSPS) is 12.8. The van der Waals surface area contributed by atoms with Crippen molar-refractivity contribution in [1.29, 1.82) is 0 Å². The lowest BCUT2D eigenvalue weighted by molar-refractivity contribution is 0.674. The zero-order valence-corrected chi connectivity index (χ0v) is 39.9. The quantitative estimate of drug-likeness (QED) is 0.158. The van der Waals surface area contributed by atoms with E-state index in [1.54, 1.807) is 0 Å². The fourth-order valence-corrected chi connectivity index (χ4v) is 13.5. The van der Waals surface area contributed by atoms with Gasteiger partial charge in [-0.25, -0.2) is 0 Å². The summed E-state index contributed by atoms with van der Waals surface area (Å²) in [6.45, 7) is 0. The summed E-state index contributed by atoms with van der Waals surface area (Å²) in [5.41, 5.74) is 16.7. The minimum atomic E-state index is -0.498. The molecule has 0 unspecified atom stereocenters. The fraction of sp³-hybridized carbons (Fsp3) is 0.0145. The van der Waals surface area contributed by atoms with E-state index in [-0.39, 0.29) is 0 Å². The van der Waals surface area contributed by atoms with E-state index in [1.807, 2.05) is 11.3 Å². The molecular weight excluding hydrogens is 891 g/mol. The summed E-state index contributed by atoms with van der Waals surface area (Å²) in [5, 5.41) is 9.70. The Labute approximate surface area is 420 Å². The van der Waals surface area contributed by atoms with Crippen LogP contribution in [0.3, 0.4) is 0 Å². The molecule has 2 nitrogen and oxygen atoms in total. The average molecular weight is 934 g/mol. The maximum atomic E-state index is 6.86. The minimum Gasteiger partial charge on any atom is -0.455 e. The zero-order chi connectivity index (χ0) is 47.3. The molecule has 336 valence electrons. The lowest BCUT2D eigenvalue weighted by Gasteiger charge is -2.34. The maximum absolute atomic E-state index is 6.86. The van der Waals surface area contributed by atoms with Crippen LogP contribution in [0.1, 0.15) is 22.3 Å². The molecule has 72 heavy (non-hydrogen) atoms. The van der Waals surface area contributed by atoms with Crippen molar-refractivity contribution < 1.29 is 4.42 Å². The molecule has 0 aliphatic heterocycles. The zero-order valence-electron chi connectivity index (χ0n) is 39.1. The number of benzene rings is 12. The first kappa shape index (κ1) is 40.8. The second-order valence-electron chi connectivity index (χ2n) is 19.1. The molecule has 15 rings (SSSR count). The monoisotopic (exact) mass is 933 g/mol. The Morgan fingerprint density at radius 3 is 1.64 bits per heavy atom. The third-order valence-electron chi connectivity index (χ3n) is 15.3. The van der Waals surface area contributed by atoms with Crippen LogP contribution in [-0.2, 0) is 5.41 Å². The van der Waals surface area contributed by atoms with Gasteiger partial charge in [0.15, 0.2) is 0 Å². The van der Waals surface area contributed by atoms with Crippen molar-refractivity contribution in [1.82, 2.24) is 0 Å². The van der Waals surface area contributed by atoms with Gasteiger partial charge in [-0.2, -0.15) is 0 Å². The standard InChI is InChI=1S/C69H43NOS/c1-3-19-47(20-4-1)69(48-21-5-2-6-22-48)62-31-13-11-25-54(62)61-43-50(39-42-63(61)69)70(49-37-33-46(34-38-49)52-27-15-28-56-57-40-35-44-17-7-9-23-51(44)66(57)71-65(52)56)64-32-14-12-26-55(64)58-29-16-30-59-60-41-36-45-18-8-10-24-53(45)67(60)72-68(58)59/h1-43H. The Balaban J connectivity index is 0.949. The van der Waals surface area contributed by atoms with Crippen molar-refractivity contribution in [3.8, 4) is 33.4 Å². The molecule has 0 bridgehead atoms. The van der Waals surface area contributed by atoms with E-state index in [4.69, 9.17) is 4.42 Å². The van der Waals surface area contributed by atoms with Crippen molar-refractivity contribution in [2.75, 3.05) is 4.90 Å². The number of hydrogen-bond donors (Lipinski definition) is 0. The van der Waals surface area contributed by atoms with Gasteiger partial charge in [0.2, 0.25) is 0 Å². The van der Waals surface area contributed by atoms with Crippen LogP contribution in [0.2, 0.25) is 0 Å². The number of anilines is 3. The van der Waals surface area contributed by atoms with Crippen LogP contribution >= 0.6 is 11.3 Å². The highest BCUT2D eigenvalue weighted by atomic mass is 32.1. The van der Waals surface area contributed by atoms with Gasteiger partial charge in [0.1, 0.15) is 11.2 Å². The Morgan fingerprint density at radius 2 is 0.861 bits per heavy atom. The molecule has 0 fully saturated rings. The number of furan rings is 1. The van der Waals surface area contributed by atoms with Gasteiger partial charge in [0.25, 0.3) is 0 Å². The summed E-state index contributed by atoms with van der Waals surface area (Å²) in [4.78, 5) is 2.47. The summed E-state index contributed by atoms with van der Waals surface area (Å²) < 4.78 is 9.47. The topological polar surface area (TPSA) is 16.4 Å². The summed E-state index contributed by atoms with van der Waals surface area (Å²) in [7, 11) is 0. The highest BCUT2D eigenvalue weighted by Gasteiger charge is 2.46. The second-order valence-corrected chi connectivity index (χ2v) is 20.1. The molecule has 2 aromatic heterocycles. The third kappa shape index (κ3) is 5.95. The number of thiophene rings is 1.